The average Bonchev–Trinajstić information content (AvgIpc) is 3.44. The van der Waals surface area contributed by atoms with Crippen LogP contribution in [0.5, 0.6) is 0 Å². The maximum absolute atomic E-state index is 13.3. The van der Waals surface area contributed by atoms with Gasteiger partial charge in [0.1, 0.15) is 11.8 Å². The van der Waals surface area contributed by atoms with Gasteiger partial charge in [-0.15, -0.1) is 0 Å². The largest absolute Gasteiger partial charge is 0.480 e. The van der Waals surface area contributed by atoms with E-state index in [1.807, 2.05) is 32.9 Å². The van der Waals surface area contributed by atoms with Crippen molar-refractivity contribution in [3.05, 3.63) is 29.8 Å². The number of carboxylic acid groups (broad SMARTS) is 1. The van der Waals surface area contributed by atoms with E-state index in [1.165, 1.54) is 9.21 Å². The van der Waals surface area contributed by atoms with Crippen LogP contribution in [-0.4, -0.2) is 95.8 Å². The fourth-order valence-electron chi connectivity index (χ4n) is 6.65. The molecule has 1 aromatic carbocycles. The zero-order valence-corrected chi connectivity index (χ0v) is 27.9. The highest BCUT2D eigenvalue weighted by atomic mass is 32.2. The molecule has 2 aliphatic heterocycles. The predicted octanol–water partition coefficient (Wildman–Crippen LogP) is 2.66. The first-order chi connectivity index (χ1) is 21.2. The first-order valence-electron chi connectivity index (χ1n) is 16.3. The molecule has 45 heavy (non-hydrogen) atoms. The molecule has 1 saturated carbocycles. The third kappa shape index (κ3) is 8.16. The Bertz CT molecular complexity index is 1330. The van der Waals surface area contributed by atoms with Crippen molar-refractivity contribution < 1.29 is 33.0 Å². The molecule has 252 valence electrons. The van der Waals surface area contributed by atoms with Crippen molar-refractivity contribution >= 4 is 27.9 Å². The van der Waals surface area contributed by atoms with Gasteiger partial charge in [-0.3, -0.25) is 14.9 Å². The maximum atomic E-state index is 13.3. The molecular weight excluding hydrogens is 598 g/mol. The Kier molecular flexibility index (Phi) is 11.2. The minimum absolute atomic E-state index is 0.0529. The van der Waals surface area contributed by atoms with Crippen LogP contribution >= 0.6 is 0 Å². The number of unbranched alkanes of at least 4 members (excludes halogenated alkanes) is 3. The number of hydrogen-bond donors (Lipinski definition) is 5. The molecule has 2 unspecified atom stereocenters. The van der Waals surface area contributed by atoms with Crippen LogP contribution in [-0.2, 0) is 26.0 Å². The molecular formula is C32H51N5O7S. The van der Waals surface area contributed by atoms with E-state index in [4.69, 9.17) is 0 Å². The lowest BCUT2D eigenvalue weighted by molar-refractivity contribution is -0.143. The summed E-state index contributed by atoms with van der Waals surface area (Å²) in [7, 11) is -3.72. The Labute approximate surface area is 267 Å². The van der Waals surface area contributed by atoms with E-state index < -0.39 is 51.3 Å². The molecule has 1 aliphatic carbocycles. The van der Waals surface area contributed by atoms with Crippen molar-refractivity contribution in [3.8, 4) is 0 Å². The van der Waals surface area contributed by atoms with Crippen LogP contribution in [0.2, 0.25) is 0 Å². The topological polar surface area (TPSA) is 168 Å². The van der Waals surface area contributed by atoms with E-state index in [1.54, 1.807) is 12.1 Å². The second-order valence-electron chi connectivity index (χ2n) is 13.9. The molecule has 2 fully saturated rings. The molecule has 1 aromatic rings. The zero-order valence-electron chi connectivity index (χ0n) is 27.0. The first kappa shape index (κ1) is 35.1. The lowest BCUT2D eigenvalue weighted by atomic mass is 9.86. The Balaban J connectivity index is 1.31. The lowest BCUT2D eigenvalue weighted by Crippen LogP contribution is -2.58. The normalized spacial score (nSPS) is 25.7. The van der Waals surface area contributed by atoms with E-state index in [9.17, 15) is 33.0 Å². The molecule has 5 N–H and O–H groups in total. The second kappa shape index (κ2) is 14.4. The summed E-state index contributed by atoms with van der Waals surface area (Å²) in [5, 5.41) is 29.4. The number of fused-ring (bicyclic) bond motifs is 1. The number of aliphatic hydroxyl groups excluding tert-OH is 1. The molecule has 2 heterocycles. The first-order valence-corrected chi connectivity index (χ1v) is 17.8. The van der Waals surface area contributed by atoms with Crippen molar-refractivity contribution in [1.82, 2.24) is 25.2 Å². The Morgan fingerprint density at radius 2 is 1.84 bits per heavy atom. The van der Waals surface area contributed by atoms with Crippen LogP contribution in [0, 0.1) is 11.3 Å². The molecule has 4 rings (SSSR count). The number of hydrogen-bond acceptors (Lipinski definition) is 7. The van der Waals surface area contributed by atoms with Crippen LogP contribution in [0.3, 0.4) is 0 Å². The van der Waals surface area contributed by atoms with Crippen molar-refractivity contribution in [2.75, 3.05) is 26.2 Å². The number of aliphatic carboxylic acids is 1. The number of amides is 3. The van der Waals surface area contributed by atoms with Gasteiger partial charge in [0.15, 0.2) is 0 Å². The number of carbonyl (C=O) groups is 3. The quantitative estimate of drug-likeness (QED) is 0.151. The van der Waals surface area contributed by atoms with Crippen LogP contribution in [0.1, 0.15) is 84.6 Å². The fourth-order valence-corrected chi connectivity index (χ4v) is 8.36. The third-order valence-corrected chi connectivity index (χ3v) is 11.6. The summed E-state index contributed by atoms with van der Waals surface area (Å²) in [6.45, 7) is 8.33. The molecule has 0 radical (unpaired) electrons. The summed E-state index contributed by atoms with van der Waals surface area (Å²) < 4.78 is 28.0. The average molecular weight is 650 g/mol. The van der Waals surface area contributed by atoms with Crippen molar-refractivity contribution in [3.63, 3.8) is 0 Å². The summed E-state index contributed by atoms with van der Waals surface area (Å²) in [5.41, 5.74) is -0.879. The number of nitrogens with one attached hydrogen (secondary N) is 3. The van der Waals surface area contributed by atoms with Crippen molar-refractivity contribution in [2.45, 2.75) is 114 Å². The van der Waals surface area contributed by atoms with Gasteiger partial charge in [-0.2, -0.15) is 4.31 Å². The summed E-state index contributed by atoms with van der Waals surface area (Å²) in [5.74, 6) is -1.42. The monoisotopic (exact) mass is 649 g/mol. The van der Waals surface area contributed by atoms with E-state index >= 15 is 0 Å². The third-order valence-electron chi connectivity index (χ3n) is 9.64. The van der Waals surface area contributed by atoms with Crippen LogP contribution in [0.25, 0.3) is 0 Å². The van der Waals surface area contributed by atoms with Gasteiger partial charge in [0, 0.05) is 25.7 Å². The Morgan fingerprint density at radius 3 is 2.53 bits per heavy atom. The molecule has 3 amide bonds. The molecule has 13 heteroatoms. The number of sulfonamides is 1. The smallest absolute Gasteiger partial charge is 0.324 e. The molecule has 3 aliphatic rings. The SMILES string of the molecule is CCCCCCC1C[C@]1(N[C@H](O)[C@@H]1CCCN1C(=O)CNC(=O)NC(CN1CCc2ccccc2S1(=O)=O)C(C)(C)C)C(=O)O. The van der Waals surface area contributed by atoms with Gasteiger partial charge < -0.3 is 25.7 Å². The highest BCUT2D eigenvalue weighted by Crippen LogP contribution is 2.48. The molecule has 12 nitrogen and oxygen atoms in total. The van der Waals surface area contributed by atoms with Gasteiger partial charge in [-0.25, -0.2) is 13.2 Å². The van der Waals surface area contributed by atoms with E-state index in [2.05, 4.69) is 22.9 Å². The highest BCUT2D eigenvalue weighted by molar-refractivity contribution is 7.89. The fraction of sp³-hybridized carbons (Fsp3) is 0.719. The van der Waals surface area contributed by atoms with Crippen LogP contribution < -0.4 is 16.0 Å². The molecule has 0 aromatic heterocycles. The van der Waals surface area contributed by atoms with Gasteiger partial charge in [0.2, 0.25) is 15.9 Å². The van der Waals surface area contributed by atoms with Gasteiger partial charge in [-0.05, 0) is 55.1 Å². The number of nitrogens with zero attached hydrogens (tertiary/aromatic N) is 2. The number of likely N-dealkylation sites (tertiary alicyclic amines) is 1. The van der Waals surface area contributed by atoms with E-state index in [-0.39, 0.29) is 29.8 Å². The summed E-state index contributed by atoms with van der Waals surface area (Å²) in [4.78, 5) is 40.1. The van der Waals surface area contributed by atoms with Crippen LogP contribution in [0.15, 0.2) is 29.2 Å². The van der Waals surface area contributed by atoms with E-state index in [0.717, 1.165) is 37.7 Å². The summed E-state index contributed by atoms with van der Waals surface area (Å²) in [6.07, 6.45) is 6.00. The van der Waals surface area contributed by atoms with Gasteiger partial charge in [0.25, 0.3) is 0 Å². The van der Waals surface area contributed by atoms with Gasteiger partial charge >= 0.3 is 12.0 Å². The van der Waals surface area contributed by atoms with E-state index in [0.29, 0.717) is 38.8 Å². The van der Waals surface area contributed by atoms with Crippen molar-refractivity contribution in [2.24, 2.45) is 11.3 Å². The molecule has 1 saturated heterocycles. The van der Waals surface area contributed by atoms with Gasteiger partial charge in [0.05, 0.1) is 17.5 Å². The van der Waals surface area contributed by atoms with Gasteiger partial charge in [-0.1, -0.05) is 71.6 Å². The minimum Gasteiger partial charge on any atom is -0.480 e. The second-order valence-corrected chi connectivity index (χ2v) is 15.8. The maximum Gasteiger partial charge on any atom is 0.324 e. The highest BCUT2D eigenvalue weighted by Gasteiger charge is 2.61. The number of carbonyl (C=O) groups excluding carboxylic acids is 2. The Hall–Kier alpha value is -2.74. The summed E-state index contributed by atoms with van der Waals surface area (Å²) in [6, 6.07) is 5.20. The Morgan fingerprint density at radius 1 is 1.11 bits per heavy atom. The number of benzene rings is 1. The van der Waals surface area contributed by atoms with Crippen molar-refractivity contribution in [1.29, 1.82) is 0 Å². The summed E-state index contributed by atoms with van der Waals surface area (Å²) >= 11 is 0. The number of aliphatic hydroxyl groups is 1. The molecule has 0 bridgehead atoms. The number of rotatable bonds is 14. The number of carboxylic acids is 1. The van der Waals surface area contributed by atoms with Crippen LogP contribution in [0.4, 0.5) is 4.79 Å². The molecule has 0 spiro atoms. The molecule has 5 atom stereocenters. The minimum atomic E-state index is -3.72. The zero-order chi connectivity index (χ0) is 33.0. The predicted molar refractivity (Wildman–Crippen MR) is 170 cm³/mol. The number of urea groups is 1. The lowest BCUT2D eigenvalue weighted by Gasteiger charge is -2.37. The standard InChI is InChI=1S/C32H51N5O7S/c1-5-6-7-8-13-23-19-32(23,29(40)41)35-28(39)24-14-11-17-37(24)27(38)20-33-30(42)34-26(31(2,3)4)21-36-18-16-22-12-9-10-15-25(22)45(36,43)44/h9-10,12,15,23-24,26,28,35,39H,5-8,11,13-14,16-21H2,1-4H3,(H,40,41)(H2,33,34,42)/t23?,24-,26?,28+,32+/m0/s1.